The van der Waals surface area contributed by atoms with Gasteiger partial charge in [-0.2, -0.15) is 0 Å². The SMILES string of the molecule is CNCCCC(=O)NC(C)CC(O)c1ccc(F)cc1.Cl. The first-order chi connectivity index (χ1) is 9.52. The van der Waals surface area contributed by atoms with E-state index in [9.17, 15) is 14.3 Å². The van der Waals surface area contributed by atoms with Gasteiger partial charge in [-0.3, -0.25) is 4.79 Å². The van der Waals surface area contributed by atoms with E-state index < -0.39 is 6.10 Å². The van der Waals surface area contributed by atoms with Crippen molar-refractivity contribution in [2.75, 3.05) is 13.6 Å². The minimum atomic E-state index is -0.705. The van der Waals surface area contributed by atoms with Crippen LogP contribution in [0.25, 0.3) is 0 Å². The molecule has 120 valence electrons. The van der Waals surface area contributed by atoms with Crippen LogP contribution in [0.15, 0.2) is 24.3 Å². The fourth-order valence-electron chi connectivity index (χ4n) is 1.99. The average molecular weight is 319 g/mol. The summed E-state index contributed by atoms with van der Waals surface area (Å²) in [5.41, 5.74) is 0.655. The van der Waals surface area contributed by atoms with E-state index >= 15 is 0 Å². The highest BCUT2D eigenvalue weighted by Crippen LogP contribution is 2.18. The van der Waals surface area contributed by atoms with Crippen molar-refractivity contribution in [2.45, 2.75) is 38.3 Å². The summed E-state index contributed by atoms with van der Waals surface area (Å²) < 4.78 is 12.8. The molecule has 0 aliphatic rings. The number of aliphatic hydroxyl groups excluding tert-OH is 1. The number of benzene rings is 1. The van der Waals surface area contributed by atoms with Crippen LogP contribution in [0.4, 0.5) is 4.39 Å². The van der Waals surface area contributed by atoms with Crippen molar-refractivity contribution in [1.29, 1.82) is 0 Å². The lowest BCUT2D eigenvalue weighted by Gasteiger charge is -2.18. The molecule has 0 aliphatic heterocycles. The van der Waals surface area contributed by atoms with Crippen LogP contribution in [0, 0.1) is 5.82 Å². The lowest BCUT2D eigenvalue weighted by atomic mass is 10.0. The van der Waals surface area contributed by atoms with E-state index in [0.717, 1.165) is 13.0 Å². The molecule has 0 heterocycles. The number of carbonyl (C=O) groups excluding carboxylic acids is 1. The van der Waals surface area contributed by atoms with Gasteiger partial charge in [-0.1, -0.05) is 12.1 Å². The van der Waals surface area contributed by atoms with Gasteiger partial charge in [0.2, 0.25) is 5.91 Å². The Morgan fingerprint density at radius 2 is 1.95 bits per heavy atom. The second-order valence-corrected chi connectivity index (χ2v) is 4.98. The molecule has 6 heteroatoms. The number of carbonyl (C=O) groups is 1. The minimum absolute atomic E-state index is 0. The summed E-state index contributed by atoms with van der Waals surface area (Å²) in [6.07, 6.45) is 0.958. The molecule has 2 atom stereocenters. The number of aliphatic hydroxyl groups is 1. The highest BCUT2D eigenvalue weighted by Gasteiger charge is 2.14. The molecule has 0 aromatic heterocycles. The van der Waals surface area contributed by atoms with E-state index in [4.69, 9.17) is 0 Å². The number of halogens is 2. The Morgan fingerprint density at radius 1 is 1.33 bits per heavy atom. The van der Waals surface area contributed by atoms with Crippen molar-refractivity contribution in [3.05, 3.63) is 35.6 Å². The molecular weight excluding hydrogens is 295 g/mol. The Bertz CT molecular complexity index is 415. The van der Waals surface area contributed by atoms with Crippen molar-refractivity contribution in [2.24, 2.45) is 0 Å². The molecule has 0 aliphatic carbocycles. The van der Waals surface area contributed by atoms with Gasteiger partial charge < -0.3 is 15.7 Å². The van der Waals surface area contributed by atoms with E-state index in [1.54, 1.807) is 12.1 Å². The Labute approximate surface area is 131 Å². The first-order valence-corrected chi connectivity index (χ1v) is 6.90. The van der Waals surface area contributed by atoms with Gasteiger partial charge in [0.15, 0.2) is 0 Å². The van der Waals surface area contributed by atoms with E-state index in [1.165, 1.54) is 12.1 Å². The molecule has 4 nitrogen and oxygen atoms in total. The molecule has 1 aromatic carbocycles. The van der Waals surface area contributed by atoms with Gasteiger partial charge in [-0.15, -0.1) is 12.4 Å². The molecule has 2 unspecified atom stereocenters. The molecule has 21 heavy (non-hydrogen) atoms. The fourth-order valence-corrected chi connectivity index (χ4v) is 1.99. The maximum absolute atomic E-state index is 12.8. The first kappa shape index (κ1) is 19.8. The van der Waals surface area contributed by atoms with Crippen molar-refractivity contribution in [1.82, 2.24) is 10.6 Å². The smallest absolute Gasteiger partial charge is 0.220 e. The summed E-state index contributed by atoms with van der Waals surface area (Å²) in [4.78, 5) is 11.6. The van der Waals surface area contributed by atoms with Crippen LogP contribution in [0.3, 0.4) is 0 Å². The normalized spacial score (nSPS) is 13.1. The van der Waals surface area contributed by atoms with Gasteiger partial charge in [0.05, 0.1) is 6.10 Å². The molecule has 0 saturated heterocycles. The van der Waals surface area contributed by atoms with Crippen molar-refractivity contribution in [3.8, 4) is 0 Å². The van der Waals surface area contributed by atoms with E-state index in [-0.39, 0.29) is 30.2 Å². The summed E-state index contributed by atoms with van der Waals surface area (Å²) in [6.45, 7) is 2.66. The largest absolute Gasteiger partial charge is 0.388 e. The van der Waals surface area contributed by atoms with Crippen LogP contribution in [-0.4, -0.2) is 30.6 Å². The van der Waals surface area contributed by atoms with Crippen LogP contribution in [0.2, 0.25) is 0 Å². The van der Waals surface area contributed by atoms with Gasteiger partial charge in [0.25, 0.3) is 0 Å². The van der Waals surface area contributed by atoms with Crippen molar-refractivity contribution >= 4 is 18.3 Å². The average Bonchev–Trinajstić information content (AvgIpc) is 2.39. The number of hydrogen-bond donors (Lipinski definition) is 3. The molecule has 1 amide bonds. The van der Waals surface area contributed by atoms with E-state index in [0.29, 0.717) is 18.4 Å². The lowest BCUT2D eigenvalue weighted by Crippen LogP contribution is -2.34. The Hall–Kier alpha value is -1.17. The maximum atomic E-state index is 12.8. The standard InChI is InChI=1S/C15H23FN2O2.ClH/c1-11(18-15(20)4-3-9-17-2)10-14(19)12-5-7-13(16)8-6-12;/h5-8,11,14,17,19H,3-4,9-10H2,1-2H3,(H,18,20);1H. The second kappa shape index (κ2) is 10.5. The van der Waals surface area contributed by atoms with Crippen molar-refractivity contribution < 1.29 is 14.3 Å². The van der Waals surface area contributed by atoms with Gasteiger partial charge in [-0.25, -0.2) is 4.39 Å². The zero-order valence-corrected chi connectivity index (χ0v) is 13.3. The van der Waals surface area contributed by atoms with E-state index in [1.807, 2.05) is 14.0 Å². The summed E-state index contributed by atoms with van der Waals surface area (Å²) >= 11 is 0. The van der Waals surface area contributed by atoms with Crippen molar-refractivity contribution in [3.63, 3.8) is 0 Å². The first-order valence-electron chi connectivity index (χ1n) is 6.90. The molecule has 1 aromatic rings. The summed E-state index contributed by atoms with van der Waals surface area (Å²) in [7, 11) is 1.85. The summed E-state index contributed by atoms with van der Waals surface area (Å²) in [6, 6.07) is 5.62. The minimum Gasteiger partial charge on any atom is -0.388 e. The summed E-state index contributed by atoms with van der Waals surface area (Å²) in [5.74, 6) is -0.342. The monoisotopic (exact) mass is 318 g/mol. The number of hydrogen-bond acceptors (Lipinski definition) is 3. The molecule has 0 radical (unpaired) electrons. The number of rotatable bonds is 8. The van der Waals surface area contributed by atoms with Crippen LogP contribution in [-0.2, 0) is 4.79 Å². The summed E-state index contributed by atoms with van der Waals surface area (Å²) in [5, 5.41) is 15.9. The lowest BCUT2D eigenvalue weighted by molar-refractivity contribution is -0.121. The van der Waals surface area contributed by atoms with Crippen LogP contribution in [0.5, 0.6) is 0 Å². The molecule has 1 rings (SSSR count). The molecule has 0 saturated carbocycles. The Morgan fingerprint density at radius 3 is 2.52 bits per heavy atom. The quantitative estimate of drug-likeness (QED) is 0.644. The molecular formula is C15H24ClFN2O2. The topological polar surface area (TPSA) is 61.4 Å². The maximum Gasteiger partial charge on any atom is 0.220 e. The molecule has 3 N–H and O–H groups in total. The van der Waals surface area contributed by atoms with Crippen LogP contribution < -0.4 is 10.6 Å². The predicted molar refractivity (Wildman–Crippen MR) is 84.0 cm³/mol. The predicted octanol–water partition coefficient (Wildman–Crippen LogP) is 2.18. The Balaban J connectivity index is 0.00000400. The van der Waals surface area contributed by atoms with Gasteiger partial charge in [-0.05, 0) is 51.1 Å². The molecule has 0 spiro atoms. The zero-order valence-electron chi connectivity index (χ0n) is 12.4. The highest BCUT2D eigenvalue weighted by molar-refractivity contribution is 5.85. The van der Waals surface area contributed by atoms with Crippen LogP contribution in [0.1, 0.15) is 37.9 Å². The second-order valence-electron chi connectivity index (χ2n) is 4.98. The highest BCUT2D eigenvalue weighted by atomic mass is 35.5. The number of amides is 1. The molecule has 0 bridgehead atoms. The molecule has 0 fully saturated rings. The zero-order chi connectivity index (χ0) is 15.0. The third-order valence-corrected chi connectivity index (χ3v) is 3.07. The third kappa shape index (κ3) is 7.99. The van der Waals surface area contributed by atoms with E-state index in [2.05, 4.69) is 10.6 Å². The van der Waals surface area contributed by atoms with Gasteiger partial charge in [0, 0.05) is 12.5 Å². The Kier molecular flexibility index (Phi) is 9.95. The third-order valence-electron chi connectivity index (χ3n) is 3.07. The van der Waals surface area contributed by atoms with Gasteiger partial charge >= 0.3 is 0 Å². The van der Waals surface area contributed by atoms with Crippen LogP contribution >= 0.6 is 12.4 Å². The van der Waals surface area contributed by atoms with Gasteiger partial charge in [0.1, 0.15) is 5.82 Å². The number of nitrogens with one attached hydrogen (secondary N) is 2. The fraction of sp³-hybridized carbons (Fsp3) is 0.533.